The van der Waals surface area contributed by atoms with E-state index >= 15 is 0 Å². The van der Waals surface area contributed by atoms with Crippen molar-refractivity contribution in [3.8, 4) is 0 Å². The molecule has 0 spiro atoms. The number of benzene rings is 2. The molecule has 27 heavy (non-hydrogen) atoms. The molecule has 0 aliphatic heterocycles. The van der Waals surface area contributed by atoms with E-state index in [2.05, 4.69) is 51.7 Å². The lowest BCUT2D eigenvalue weighted by molar-refractivity contribution is 0.0953. The van der Waals surface area contributed by atoms with Crippen molar-refractivity contribution in [2.24, 2.45) is 4.99 Å². The molecule has 2 N–H and O–H groups in total. The number of halogens is 1. The highest BCUT2D eigenvalue weighted by Crippen LogP contribution is 2.09. The quantitative estimate of drug-likeness (QED) is 0.276. The van der Waals surface area contributed by atoms with E-state index in [0.717, 1.165) is 25.5 Å². The molecule has 2 aromatic carbocycles. The third-order valence-electron chi connectivity index (χ3n) is 4.20. The molecule has 0 bridgehead atoms. The Kier molecular flexibility index (Phi) is 10.5. The fourth-order valence-corrected chi connectivity index (χ4v) is 2.68. The first-order valence-electron chi connectivity index (χ1n) is 8.91. The van der Waals surface area contributed by atoms with Gasteiger partial charge in [-0.25, -0.2) is 0 Å². The normalized spacial score (nSPS) is 10.7. The molecular formula is C21H29IN4O. The van der Waals surface area contributed by atoms with Gasteiger partial charge < -0.3 is 15.5 Å². The first kappa shape index (κ1) is 23.0. The minimum Gasteiger partial charge on any atom is -0.356 e. The summed E-state index contributed by atoms with van der Waals surface area (Å²) in [6, 6.07) is 17.6. The summed E-state index contributed by atoms with van der Waals surface area (Å²) in [7, 11) is 3.81. The van der Waals surface area contributed by atoms with Gasteiger partial charge >= 0.3 is 0 Å². The Bertz CT molecular complexity index is 734. The van der Waals surface area contributed by atoms with E-state index < -0.39 is 0 Å². The SMILES string of the molecule is CN=C(NCCCNC(=O)c1ccccc1)N(C)Cc1ccccc1C.I. The van der Waals surface area contributed by atoms with Crippen LogP contribution in [0.3, 0.4) is 0 Å². The first-order valence-corrected chi connectivity index (χ1v) is 8.91. The fourth-order valence-electron chi connectivity index (χ4n) is 2.68. The third-order valence-corrected chi connectivity index (χ3v) is 4.20. The molecule has 0 heterocycles. The Balaban J connectivity index is 0.00000364. The maximum Gasteiger partial charge on any atom is 0.251 e. The second-order valence-corrected chi connectivity index (χ2v) is 6.23. The lowest BCUT2D eigenvalue weighted by atomic mass is 10.1. The van der Waals surface area contributed by atoms with Gasteiger partial charge in [-0.1, -0.05) is 42.5 Å². The molecule has 6 heteroatoms. The summed E-state index contributed by atoms with van der Waals surface area (Å²) >= 11 is 0. The van der Waals surface area contributed by atoms with E-state index in [1.165, 1.54) is 11.1 Å². The number of amides is 1. The standard InChI is InChI=1S/C21H28N4O.HI/c1-17-10-7-8-13-19(17)16-25(3)21(22-2)24-15-9-14-23-20(26)18-11-5-4-6-12-18;/h4-8,10-13H,9,14-16H2,1-3H3,(H,22,24)(H,23,26);1H. The lowest BCUT2D eigenvalue weighted by Crippen LogP contribution is -2.39. The van der Waals surface area contributed by atoms with Crippen molar-refractivity contribution < 1.29 is 4.79 Å². The Morgan fingerprint density at radius 1 is 1.00 bits per heavy atom. The van der Waals surface area contributed by atoms with Crippen molar-refractivity contribution in [2.45, 2.75) is 19.9 Å². The fraction of sp³-hybridized carbons (Fsp3) is 0.333. The van der Waals surface area contributed by atoms with E-state index in [9.17, 15) is 4.79 Å². The maximum atomic E-state index is 12.0. The zero-order valence-electron chi connectivity index (χ0n) is 16.2. The van der Waals surface area contributed by atoms with E-state index in [1.807, 2.05) is 37.4 Å². The van der Waals surface area contributed by atoms with Crippen LogP contribution < -0.4 is 10.6 Å². The zero-order valence-corrected chi connectivity index (χ0v) is 18.6. The van der Waals surface area contributed by atoms with Gasteiger partial charge in [0.15, 0.2) is 5.96 Å². The number of carbonyl (C=O) groups is 1. The van der Waals surface area contributed by atoms with Gasteiger partial charge in [0.25, 0.3) is 5.91 Å². The van der Waals surface area contributed by atoms with Gasteiger partial charge in [0, 0.05) is 39.3 Å². The van der Waals surface area contributed by atoms with Crippen molar-refractivity contribution >= 4 is 35.8 Å². The van der Waals surface area contributed by atoms with E-state index in [0.29, 0.717) is 12.1 Å². The molecule has 0 fully saturated rings. The molecule has 0 unspecified atom stereocenters. The van der Waals surface area contributed by atoms with Crippen molar-refractivity contribution in [2.75, 3.05) is 27.2 Å². The van der Waals surface area contributed by atoms with Crippen LogP contribution in [-0.2, 0) is 6.54 Å². The molecule has 146 valence electrons. The van der Waals surface area contributed by atoms with Crippen molar-refractivity contribution in [1.82, 2.24) is 15.5 Å². The molecule has 0 aliphatic rings. The Hall–Kier alpha value is -2.09. The van der Waals surface area contributed by atoms with Crippen LogP contribution in [0.15, 0.2) is 59.6 Å². The predicted octanol–water partition coefficient (Wildman–Crippen LogP) is 3.44. The summed E-state index contributed by atoms with van der Waals surface area (Å²) in [4.78, 5) is 18.4. The highest BCUT2D eigenvalue weighted by atomic mass is 127. The lowest BCUT2D eigenvalue weighted by Gasteiger charge is -2.23. The van der Waals surface area contributed by atoms with Crippen molar-refractivity contribution in [1.29, 1.82) is 0 Å². The average Bonchev–Trinajstić information content (AvgIpc) is 2.67. The minimum atomic E-state index is -0.0355. The monoisotopic (exact) mass is 480 g/mol. The molecule has 0 saturated carbocycles. The Morgan fingerprint density at radius 2 is 1.63 bits per heavy atom. The molecule has 0 aliphatic carbocycles. The molecule has 0 atom stereocenters. The highest BCUT2D eigenvalue weighted by Gasteiger charge is 2.08. The van der Waals surface area contributed by atoms with Crippen LogP contribution in [0.2, 0.25) is 0 Å². The predicted molar refractivity (Wildman–Crippen MR) is 123 cm³/mol. The number of nitrogens with one attached hydrogen (secondary N) is 2. The number of aliphatic imine (C=N–C) groups is 1. The molecule has 2 rings (SSSR count). The van der Waals surface area contributed by atoms with Crippen molar-refractivity contribution in [3.63, 3.8) is 0 Å². The van der Waals surface area contributed by atoms with Gasteiger partial charge in [-0.3, -0.25) is 9.79 Å². The molecule has 1 amide bonds. The van der Waals surface area contributed by atoms with Gasteiger partial charge in [0.2, 0.25) is 0 Å². The van der Waals surface area contributed by atoms with Crippen LogP contribution in [0.4, 0.5) is 0 Å². The summed E-state index contributed by atoms with van der Waals surface area (Å²) in [5.74, 6) is 0.814. The maximum absolute atomic E-state index is 12.0. The largest absolute Gasteiger partial charge is 0.356 e. The second kappa shape index (κ2) is 12.3. The number of hydrogen-bond acceptors (Lipinski definition) is 2. The summed E-state index contributed by atoms with van der Waals surface area (Å²) in [6.45, 7) is 4.30. The van der Waals surface area contributed by atoms with Crippen LogP contribution in [0.1, 0.15) is 27.9 Å². The smallest absolute Gasteiger partial charge is 0.251 e. The molecular weight excluding hydrogens is 451 g/mol. The molecule has 5 nitrogen and oxygen atoms in total. The minimum absolute atomic E-state index is 0. The van der Waals surface area contributed by atoms with Crippen LogP contribution in [0.25, 0.3) is 0 Å². The topological polar surface area (TPSA) is 56.7 Å². The summed E-state index contributed by atoms with van der Waals surface area (Å²) in [6.07, 6.45) is 0.829. The Morgan fingerprint density at radius 3 is 2.30 bits per heavy atom. The van der Waals surface area contributed by atoms with Crippen LogP contribution in [0.5, 0.6) is 0 Å². The van der Waals surface area contributed by atoms with E-state index in [1.54, 1.807) is 7.05 Å². The van der Waals surface area contributed by atoms with Gasteiger partial charge in [0.05, 0.1) is 0 Å². The summed E-state index contributed by atoms with van der Waals surface area (Å²) in [5, 5.41) is 6.28. The Labute approximate surface area is 179 Å². The molecule has 0 saturated heterocycles. The second-order valence-electron chi connectivity index (χ2n) is 6.23. The van der Waals surface area contributed by atoms with E-state index in [-0.39, 0.29) is 29.9 Å². The molecule has 0 aromatic heterocycles. The number of rotatable bonds is 7. The summed E-state index contributed by atoms with van der Waals surface area (Å²) in [5.41, 5.74) is 3.25. The number of guanidine groups is 1. The van der Waals surface area contributed by atoms with Crippen LogP contribution in [-0.4, -0.2) is 44.0 Å². The highest BCUT2D eigenvalue weighted by molar-refractivity contribution is 14.0. The number of carbonyl (C=O) groups excluding carboxylic acids is 1. The molecule has 0 radical (unpaired) electrons. The third kappa shape index (κ3) is 7.58. The number of nitrogens with zero attached hydrogens (tertiary/aromatic N) is 2. The van der Waals surface area contributed by atoms with Gasteiger partial charge in [-0.05, 0) is 36.6 Å². The van der Waals surface area contributed by atoms with Gasteiger partial charge in [-0.15, -0.1) is 24.0 Å². The molecule has 2 aromatic rings. The van der Waals surface area contributed by atoms with Crippen LogP contribution >= 0.6 is 24.0 Å². The van der Waals surface area contributed by atoms with Gasteiger partial charge in [0.1, 0.15) is 0 Å². The average molecular weight is 480 g/mol. The summed E-state index contributed by atoms with van der Waals surface area (Å²) < 4.78 is 0. The van der Waals surface area contributed by atoms with Crippen molar-refractivity contribution in [3.05, 3.63) is 71.3 Å². The number of aryl methyl sites for hydroxylation is 1. The zero-order chi connectivity index (χ0) is 18.8. The van der Waals surface area contributed by atoms with E-state index in [4.69, 9.17) is 0 Å². The first-order chi connectivity index (χ1) is 12.6. The number of hydrogen-bond donors (Lipinski definition) is 2. The van der Waals surface area contributed by atoms with Gasteiger partial charge in [-0.2, -0.15) is 0 Å². The van der Waals surface area contributed by atoms with Crippen LogP contribution in [0, 0.1) is 6.92 Å².